The van der Waals surface area contributed by atoms with Crippen molar-refractivity contribution in [2.75, 3.05) is 26.3 Å². The standard InChI is InChI=1S/C16H22N2O3/c1-2-17-14(19)15(20)18-12-16(8-10-21-11-9-16)13-6-4-3-5-7-13/h3-7H,2,8-12H2,1H3,(H,17,19)(H,18,20). The van der Waals surface area contributed by atoms with Crippen LogP contribution in [-0.4, -0.2) is 38.1 Å². The van der Waals surface area contributed by atoms with Crippen LogP contribution in [0.15, 0.2) is 30.3 Å². The average molecular weight is 290 g/mol. The van der Waals surface area contributed by atoms with Gasteiger partial charge in [0.2, 0.25) is 0 Å². The molecule has 1 aliphatic rings. The number of nitrogens with one attached hydrogen (secondary N) is 2. The SMILES string of the molecule is CCNC(=O)C(=O)NCC1(c2ccccc2)CCOCC1. The summed E-state index contributed by atoms with van der Waals surface area (Å²) in [4.78, 5) is 23.3. The highest BCUT2D eigenvalue weighted by Crippen LogP contribution is 2.34. The summed E-state index contributed by atoms with van der Waals surface area (Å²) in [7, 11) is 0. The van der Waals surface area contributed by atoms with Crippen LogP contribution in [0, 0.1) is 0 Å². The van der Waals surface area contributed by atoms with Gasteiger partial charge in [-0.2, -0.15) is 0 Å². The molecule has 21 heavy (non-hydrogen) atoms. The fraction of sp³-hybridized carbons (Fsp3) is 0.500. The average Bonchev–Trinajstić information content (AvgIpc) is 2.54. The lowest BCUT2D eigenvalue weighted by Crippen LogP contribution is -2.48. The number of amides is 2. The van der Waals surface area contributed by atoms with Crippen molar-refractivity contribution in [2.45, 2.75) is 25.2 Å². The maximum absolute atomic E-state index is 11.8. The monoisotopic (exact) mass is 290 g/mol. The van der Waals surface area contributed by atoms with Crippen LogP contribution in [0.4, 0.5) is 0 Å². The first kappa shape index (κ1) is 15.5. The highest BCUT2D eigenvalue weighted by atomic mass is 16.5. The molecule has 0 unspecified atom stereocenters. The van der Waals surface area contributed by atoms with Crippen molar-refractivity contribution in [3.63, 3.8) is 0 Å². The molecule has 2 rings (SSSR count). The van der Waals surface area contributed by atoms with Gasteiger partial charge < -0.3 is 15.4 Å². The Morgan fingerprint density at radius 3 is 2.33 bits per heavy atom. The Morgan fingerprint density at radius 1 is 1.10 bits per heavy atom. The van der Waals surface area contributed by atoms with Gasteiger partial charge in [-0.05, 0) is 25.3 Å². The van der Waals surface area contributed by atoms with E-state index in [4.69, 9.17) is 4.74 Å². The van der Waals surface area contributed by atoms with Gasteiger partial charge in [0.05, 0.1) is 0 Å². The zero-order chi connectivity index (χ0) is 15.1. The van der Waals surface area contributed by atoms with Gasteiger partial charge >= 0.3 is 11.8 Å². The van der Waals surface area contributed by atoms with Gasteiger partial charge in [0.1, 0.15) is 0 Å². The summed E-state index contributed by atoms with van der Waals surface area (Å²) in [6, 6.07) is 10.1. The Hall–Kier alpha value is -1.88. The van der Waals surface area contributed by atoms with Gasteiger partial charge in [0.25, 0.3) is 0 Å². The van der Waals surface area contributed by atoms with E-state index in [9.17, 15) is 9.59 Å². The molecule has 1 heterocycles. The zero-order valence-electron chi connectivity index (χ0n) is 12.4. The molecule has 0 saturated carbocycles. The van der Waals surface area contributed by atoms with Gasteiger partial charge in [0.15, 0.2) is 0 Å². The van der Waals surface area contributed by atoms with E-state index in [1.165, 1.54) is 5.56 Å². The smallest absolute Gasteiger partial charge is 0.309 e. The lowest BCUT2D eigenvalue weighted by atomic mass is 9.74. The van der Waals surface area contributed by atoms with E-state index in [1.807, 2.05) is 18.2 Å². The molecule has 0 spiro atoms. The van der Waals surface area contributed by atoms with Crippen LogP contribution in [0.5, 0.6) is 0 Å². The third-order valence-corrected chi connectivity index (χ3v) is 3.97. The van der Waals surface area contributed by atoms with Gasteiger partial charge in [-0.15, -0.1) is 0 Å². The molecular formula is C16H22N2O3. The summed E-state index contributed by atoms with van der Waals surface area (Å²) in [6.07, 6.45) is 1.68. The quantitative estimate of drug-likeness (QED) is 0.813. The minimum atomic E-state index is -0.576. The lowest BCUT2D eigenvalue weighted by molar-refractivity contribution is -0.139. The van der Waals surface area contributed by atoms with E-state index in [-0.39, 0.29) is 5.41 Å². The number of likely N-dealkylation sites (N-methyl/N-ethyl adjacent to an activating group) is 1. The molecule has 1 aromatic rings. The second-order valence-corrected chi connectivity index (χ2v) is 5.30. The van der Waals surface area contributed by atoms with Gasteiger partial charge in [-0.1, -0.05) is 30.3 Å². The van der Waals surface area contributed by atoms with Gasteiger partial charge in [0, 0.05) is 31.7 Å². The number of carbonyl (C=O) groups excluding carboxylic acids is 2. The predicted octanol–water partition coefficient (Wildman–Crippen LogP) is 0.987. The molecule has 1 aromatic carbocycles. The normalized spacial score (nSPS) is 17.0. The van der Waals surface area contributed by atoms with Crippen LogP contribution in [0.2, 0.25) is 0 Å². The fourth-order valence-electron chi connectivity index (χ4n) is 2.69. The predicted molar refractivity (Wildman–Crippen MR) is 79.9 cm³/mol. The maximum Gasteiger partial charge on any atom is 0.309 e. The molecule has 5 heteroatoms. The van der Waals surface area contributed by atoms with Gasteiger partial charge in [-0.25, -0.2) is 0 Å². The summed E-state index contributed by atoms with van der Waals surface area (Å²) in [5.74, 6) is -1.15. The third kappa shape index (κ3) is 3.82. The number of rotatable bonds is 4. The van der Waals surface area contributed by atoms with Crippen LogP contribution in [-0.2, 0) is 19.7 Å². The van der Waals surface area contributed by atoms with Crippen LogP contribution in [0.3, 0.4) is 0 Å². The van der Waals surface area contributed by atoms with E-state index < -0.39 is 11.8 Å². The van der Waals surface area contributed by atoms with Crippen molar-refractivity contribution in [1.82, 2.24) is 10.6 Å². The van der Waals surface area contributed by atoms with Crippen LogP contribution < -0.4 is 10.6 Å². The van der Waals surface area contributed by atoms with Crippen molar-refractivity contribution in [3.8, 4) is 0 Å². The molecule has 2 amide bonds. The largest absolute Gasteiger partial charge is 0.381 e. The molecular weight excluding hydrogens is 268 g/mol. The molecule has 0 atom stereocenters. The fourth-order valence-corrected chi connectivity index (χ4v) is 2.69. The van der Waals surface area contributed by atoms with Crippen LogP contribution in [0.1, 0.15) is 25.3 Å². The zero-order valence-corrected chi connectivity index (χ0v) is 12.4. The molecule has 0 aliphatic carbocycles. The second kappa shape index (κ2) is 7.22. The number of ether oxygens (including phenoxy) is 1. The lowest BCUT2D eigenvalue weighted by Gasteiger charge is -2.37. The third-order valence-electron chi connectivity index (χ3n) is 3.97. The maximum atomic E-state index is 11.8. The molecule has 0 aromatic heterocycles. The van der Waals surface area contributed by atoms with Crippen molar-refractivity contribution in [3.05, 3.63) is 35.9 Å². The highest BCUT2D eigenvalue weighted by molar-refractivity contribution is 6.35. The summed E-state index contributed by atoms with van der Waals surface area (Å²) >= 11 is 0. The van der Waals surface area contributed by atoms with Crippen molar-refractivity contribution >= 4 is 11.8 Å². The van der Waals surface area contributed by atoms with E-state index >= 15 is 0 Å². The molecule has 1 saturated heterocycles. The molecule has 2 N–H and O–H groups in total. The van der Waals surface area contributed by atoms with Crippen molar-refractivity contribution < 1.29 is 14.3 Å². The molecule has 1 aliphatic heterocycles. The summed E-state index contributed by atoms with van der Waals surface area (Å²) in [6.45, 7) is 4.03. The number of benzene rings is 1. The summed E-state index contributed by atoms with van der Waals surface area (Å²) in [5, 5.41) is 5.28. The molecule has 5 nitrogen and oxygen atoms in total. The van der Waals surface area contributed by atoms with E-state index in [0.29, 0.717) is 26.3 Å². The highest BCUT2D eigenvalue weighted by Gasteiger charge is 2.35. The first-order valence-electron chi connectivity index (χ1n) is 7.37. The first-order valence-corrected chi connectivity index (χ1v) is 7.37. The van der Waals surface area contributed by atoms with Crippen molar-refractivity contribution in [2.24, 2.45) is 0 Å². The Kier molecular flexibility index (Phi) is 5.33. The van der Waals surface area contributed by atoms with Crippen LogP contribution >= 0.6 is 0 Å². The Labute approximate surface area is 125 Å². The van der Waals surface area contributed by atoms with E-state index in [0.717, 1.165) is 12.8 Å². The number of hydrogen-bond acceptors (Lipinski definition) is 3. The molecule has 0 radical (unpaired) electrons. The topological polar surface area (TPSA) is 67.4 Å². The minimum Gasteiger partial charge on any atom is -0.381 e. The second-order valence-electron chi connectivity index (χ2n) is 5.30. The Balaban J connectivity index is 2.07. The van der Waals surface area contributed by atoms with Gasteiger partial charge in [-0.3, -0.25) is 9.59 Å². The van der Waals surface area contributed by atoms with E-state index in [2.05, 4.69) is 22.8 Å². The summed E-state index contributed by atoms with van der Waals surface area (Å²) in [5.41, 5.74) is 1.03. The Morgan fingerprint density at radius 2 is 1.71 bits per heavy atom. The number of carbonyl (C=O) groups is 2. The molecule has 0 bridgehead atoms. The number of hydrogen-bond donors (Lipinski definition) is 2. The van der Waals surface area contributed by atoms with Crippen molar-refractivity contribution in [1.29, 1.82) is 0 Å². The molecule has 1 fully saturated rings. The minimum absolute atomic E-state index is 0.151. The van der Waals surface area contributed by atoms with Crippen LogP contribution in [0.25, 0.3) is 0 Å². The summed E-state index contributed by atoms with van der Waals surface area (Å²) < 4.78 is 5.45. The Bertz CT molecular complexity index is 482. The molecule has 114 valence electrons. The van der Waals surface area contributed by atoms with E-state index in [1.54, 1.807) is 6.92 Å². The first-order chi connectivity index (χ1) is 10.2.